The molecule has 1 N–H and O–H groups in total. The molecule has 3 aromatic carbocycles. The van der Waals surface area contributed by atoms with Crippen molar-refractivity contribution in [3.8, 4) is 0 Å². The van der Waals surface area contributed by atoms with E-state index in [4.69, 9.17) is 0 Å². The van der Waals surface area contributed by atoms with E-state index in [-0.39, 0.29) is 72.9 Å². The Hall–Kier alpha value is -3.40. The van der Waals surface area contributed by atoms with Crippen LogP contribution in [0.1, 0.15) is 252 Å². The summed E-state index contributed by atoms with van der Waals surface area (Å²) in [7, 11) is 0. The van der Waals surface area contributed by atoms with Crippen molar-refractivity contribution in [2.45, 2.75) is 251 Å². The van der Waals surface area contributed by atoms with Gasteiger partial charge in [0.15, 0.2) is 11.1 Å². The summed E-state index contributed by atoms with van der Waals surface area (Å²) in [5.41, 5.74) is 14.8. The minimum atomic E-state index is -0.871. The van der Waals surface area contributed by atoms with Gasteiger partial charge in [0, 0.05) is 77.2 Å². The number of rotatable bonds is 2. The van der Waals surface area contributed by atoms with Crippen LogP contribution in [0.4, 0.5) is 5.69 Å². The second-order valence-electron chi connectivity index (χ2n) is 28.0. The van der Waals surface area contributed by atoms with Crippen molar-refractivity contribution in [3.63, 3.8) is 0 Å². The summed E-state index contributed by atoms with van der Waals surface area (Å²) in [6.07, 6.45) is 0.797. The minimum Gasteiger partial charge on any atom is -0.478 e. The van der Waals surface area contributed by atoms with Crippen LogP contribution in [0.15, 0.2) is 18.2 Å². The van der Waals surface area contributed by atoms with Gasteiger partial charge in [-0.15, -0.1) is 0 Å². The second kappa shape index (κ2) is 14.1. The molecule has 8 rings (SSSR count). The van der Waals surface area contributed by atoms with Gasteiger partial charge in [-0.3, -0.25) is 0 Å². The maximum Gasteiger partial charge on any atom is 0.336 e. The van der Waals surface area contributed by atoms with Gasteiger partial charge in [-0.05, 0) is 138 Å². The number of fused-ring (bicyclic) bond motifs is 4. The standard InChI is InChI=1S/C60H86N2O2.C2H6.CH3/c1-32-28-29-35(36(30-32)48(63)64)41-39-33(2)42-46-44(51(8,9)55(16,17)59(24,25)61(46)57(20,21)53(12,13)49(42,4)5)37(39)31-38-40(41)34(3)43-47-45(38)52(10,11)56(18,19)60(26,27)62(47)58(22,23)54(14,15)50(43,6)7;1-2;/h28-30H,31H2,1-27H3;1-2H3;1H3/q;;-1/p+1. The van der Waals surface area contributed by atoms with Crippen molar-refractivity contribution in [1.82, 2.24) is 4.58 Å². The van der Waals surface area contributed by atoms with Gasteiger partial charge in [-0.1, -0.05) is 142 Å². The van der Waals surface area contributed by atoms with Crippen LogP contribution in [0, 0.1) is 49.9 Å². The maximum atomic E-state index is 13.8. The minimum absolute atomic E-state index is 0. The summed E-state index contributed by atoms with van der Waals surface area (Å²) in [5, 5.41) is 14.0. The highest BCUT2D eigenvalue weighted by molar-refractivity contribution is 6.00. The predicted molar refractivity (Wildman–Crippen MR) is 289 cm³/mol. The number of carboxylic acids is 1. The van der Waals surface area contributed by atoms with Crippen molar-refractivity contribution >= 4 is 17.2 Å². The molecule has 4 heteroatoms. The third-order valence-corrected chi connectivity index (χ3v) is 23.7. The Labute approximate surface area is 410 Å². The largest absolute Gasteiger partial charge is 0.478 e. The highest BCUT2D eigenvalue weighted by Crippen LogP contribution is 2.70. The van der Waals surface area contributed by atoms with E-state index in [1.165, 1.54) is 66.3 Å². The smallest absolute Gasteiger partial charge is 0.336 e. The maximum absolute atomic E-state index is 13.8. The van der Waals surface area contributed by atoms with Gasteiger partial charge < -0.3 is 17.4 Å². The third kappa shape index (κ3) is 5.44. The van der Waals surface area contributed by atoms with Gasteiger partial charge in [0.1, 0.15) is 0 Å². The lowest BCUT2D eigenvalue weighted by atomic mass is 9.44. The highest BCUT2D eigenvalue weighted by Gasteiger charge is 2.71. The van der Waals surface area contributed by atoms with E-state index in [9.17, 15) is 9.90 Å². The summed E-state index contributed by atoms with van der Waals surface area (Å²) in [5.74, 6) is -0.871. The molecule has 0 saturated heterocycles. The van der Waals surface area contributed by atoms with E-state index in [1.54, 1.807) is 0 Å². The zero-order valence-electron chi connectivity index (χ0n) is 48.7. The van der Waals surface area contributed by atoms with Crippen LogP contribution < -0.4 is 20.1 Å². The van der Waals surface area contributed by atoms with E-state index in [0.717, 1.165) is 23.1 Å². The lowest BCUT2D eigenvalue weighted by molar-refractivity contribution is -0.0626. The van der Waals surface area contributed by atoms with Crippen molar-refractivity contribution in [2.24, 2.45) is 21.7 Å². The highest BCUT2D eigenvalue weighted by atomic mass is 16.4. The lowest BCUT2D eigenvalue weighted by Crippen LogP contribution is -2.79. The van der Waals surface area contributed by atoms with E-state index in [0.29, 0.717) is 5.56 Å². The molecule has 67 heavy (non-hydrogen) atoms. The first-order valence-corrected chi connectivity index (χ1v) is 25.7. The topological polar surface area (TPSA) is 43.5 Å². The van der Waals surface area contributed by atoms with E-state index < -0.39 is 5.97 Å². The van der Waals surface area contributed by atoms with Gasteiger partial charge in [0.25, 0.3) is 0 Å². The van der Waals surface area contributed by atoms with Crippen molar-refractivity contribution in [2.75, 3.05) is 4.90 Å². The number of carbonyl (C=O) groups is 1. The predicted octanol–water partition coefficient (Wildman–Crippen LogP) is 14.6. The number of nitrogens with zero attached hydrogens (tertiary/aromatic N) is 2. The molecule has 0 aromatic heterocycles. The fourth-order valence-electron chi connectivity index (χ4n) is 15.8. The molecule has 0 amide bonds. The zero-order chi connectivity index (χ0) is 50.8. The van der Waals surface area contributed by atoms with Crippen LogP contribution in [0.5, 0.6) is 0 Å². The van der Waals surface area contributed by atoms with Crippen LogP contribution in [-0.4, -0.2) is 33.2 Å². The van der Waals surface area contributed by atoms with Gasteiger partial charge in [0.05, 0.1) is 5.56 Å². The Balaban J connectivity index is 0.00000244. The molecule has 5 aliphatic rings. The van der Waals surface area contributed by atoms with Gasteiger partial charge >= 0.3 is 5.97 Å². The Bertz CT molecular complexity index is 2790. The number of aromatic carboxylic acids is 1. The van der Waals surface area contributed by atoms with E-state index in [1.807, 2.05) is 26.8 Å². The SMILES string of the molecule is CC.Cc1ccc(C2=c3c(C)c4c5c(c3Cc3c2c(C)c2c6c3C(C)(C)C(C)(C)C(C)(C)N6C(C)(C)C(C)(C)C2(C)C)C(C)(C)C(C)(C)C(C)(C)[N+]=5C(C)(C)C(C)(C)C4(C)C)c(C(=O)O)c1.[CH3-]. The quantitative estimate of drug-likeness (QED) is 0.161. The Morgan fingerprint density at radius 1 is 0.552 bits per heavy atom. The Morgan fingerprint density at radius 3 is 1.42 bits per heavy atom. The van der Waals surface area contributed by atoms with Crippen LogP contribution in [0.25, 0.3) is 5.57 Å². The van der Waals surface area contributed by atoms with Crippen molar-refractivity contribution in [1.29, 1.82) is 0 Å². The number of aryl methyl sites for hydroxylation is 1. The normalized spacial score (nSPS) is 25.2. The average Bonchev–Trinajstić information content (AvgIpc) is 3.15. The van der Waals surface area contributed by atoms with Gasteiger partial charge in [-0.2, -0.15) is 0 Å². The second-order valence-corrected chi connectivity index (χ2v) is 28.0. The lowest BCUT2D eigenvalue weighted by Gasteiger charge is -2.73. The molecule has 1 aliphatic carbocycles. The number of hydrogen-bond acceptors (Lipinski definition) is 2. The summed E-state index contributed by atoms with van der Waals surface area (Å²) < 4.78 is 2.89. The summed E-state index contributed by atoms with van der Waals surface area (Å²) in [6, 6.07) is 6.24. The number of benzene rings is 3. The first-order valence-electron chi connectivity index (χ1n) is 25.7. The first-order chi connectivity index (χ1) is 29.5. The van der Waals surface area contributed by atoms with Gasteiger partial charge in [0.2, 0.25) is 5.36 Å². The summed E-state index contributed by atoms with van der Waals surface area (Å²) in [4.78, 5) is 16.7. The van der Waals surface area contributed by atoms with Crippen LogP contribution >= 0.6 is 0 Å². The molecule has 0 atom stereocenters. The molecule has 370 valence electrons. The number of hydrogen-bond donors (Lipinski definition) is 1. The zero-order valence-corrected chi connectivity index (χ0v) is 48.7. The van der Waals surface area contributed by atoms with Crippen LogP contribution in [-0.2, 0) is 28.1 Å². The molecule has 0 unspecified atom stereocenters. The van der Waals surface area contributed by atoms with E-state index in [2.05, 4.69) is 202 Å². The first kappa shape index (κ1) is 53.0. The Kier molecular flexibility index (Phi) is 11.2. The molecule has 4 nitrogen and oxygen atoms in total. The van der Waals surface area contributed by atoms with Crippen molar-refractivity contribution < 1.29 is 9.90 Å². The fraction of sp³-hybridized carbons (Fsp3) is 0.667. The van der Waals surface area contributed by atoms with Crippen molar-refractivity contribution in [3.05, 3.63) is 103 Å². The van der Waals surface area contributed by atoms with E-state index >= 15 is 0 Å². The fourth-order valence-corrected chi connectivity index (χ4v) is 15.8. The van der Waals surface area contributed by atoms with Crippen LogP contribution in [0.2, 0.25) is 0 Å². The molecule has 0 fully saturated rings. The summed E-state index contributed by atoms with van der Waals surface area (Å²) >= 11 is 0. The molecule has 0 radical (unpaired) electrons. The average molecular weight is 913 g/mol. The molecule has 4 heterocycles. The summed E-state index contributed by atoms with van der Waals surface area (Å²) in [6.45, 7) is 71.2. The molecule has 3 aromatic rings. The number of anilines is 1. The number of carboxylic acid groups (broad SMARTS) is 1. The third-order valence-electron chi connectivity index (χ3n) is 23.7. The molecular weight excluding hydrogens is 817 g/mol. The molecular formula is C63H96N2O2. The molecule has 0 bridgehead atoms. The molecule has 0 spiro atoms. The van der Waals surface area contributed by atoms with Crippen LogP contribution in [0.3, 0.4) is 0 Å². The molecule has 0 saturated carbocycles. The molecule has 4 aliphatic heterocycles. The van der Waals surface area contributed by atoms with Gasteiger partial charge in [-0.25, -0.2) is 9.37 Å². The monoisotopic (exact) mass is 913 g/mol. The Morgan fingerprint density at radius 2 is 0.970 bits per heavy atom.